The van der Waals surface area contributed by atoms with Gasteiger partial charge in [-0.3, -0.25) is 19.7 Å². The minimum absolute atomic E-state index is 0.00960. The summed E-state index contributed by atoms with van der Waals surface area (Å²) < 4.78 is 31.3. The Balaban J connectivity index is 1.30. The van der Waals surface area contributed by atoms with Crippen LogP contribution in [0.15, 0.2) is 65.1 Å². The highest BCUT2D eigenvalue weighted by molar-refractivity contribution is 9.10. The van der Waals surface area contributed by atoms with Crippen molar-refractivity contribution in [3.05, 3.63) is 87.6 Å². The number of aryl methyl sites for hydroxylation is 1. The van der Waals surface area contributed by atoms with Gasteiger partial charge in [-0.2, -0.15) is 0 Å². The third-order valence-corrected chi connectivity index (χ3v) is 11.2. The Morgan fingerprint density at radius 2 is 1.74 bits per heavy atom. The smallest absolute Gasteiger partial charge is 0.309 e. The van der Waals surface area contributed by atoms with Crippen molar-refractivity contribution < 1.29 is 38.1 Å². The van der Waals surface area contributed by atoms with Crippen molar-refractivity contribution in [2.24, 2.45) is 5.41 Å². The number of benzene rings is 3. The molecule has 3 aromatic carbocycles. The molecule has 54 heavy (non-hydrogen) atoms. The summed E-state index contributed by atoms with van der Waals surface area (Å²) in [7, 11) is 3.18. The molecule has 2 amide bonds. The van der Waals surface area contributed by atoms with Crippen molar-refractivity contribution in [3.8, 4) is 29.1 Å². The average Bonchev–Trinajstić information content (AvgIpc) is 4.01. The summed E-state index contributed by atoms with van der Waals surface area (Å²) >= 11 is 3.40. The van der Waals surface area contributed by atoms with Gasteiger partial charge in [0, 0.05) is 44.1 Å². The molecule has 1 aliphatic carbocycles. The van der Waals surface area contributed by atoms with Crippen LogP contribution in [0.2, 0.25) is 0 Å². The van der Waals surface area contributed by atoms with E-state index in [-0.39, 0.29) is 49.5 Å². The lowest BCUT2D eigenvalue weighted by molar-refractivity contribution is -0.152. The van der Waals surface area contributed by atoms with Gasteiger partial charge in [0.1, 0.15) is 28.6 Å². The molecule has 3 aliphatic rings. The van der Waals surface area contributed by atoms with Crippen molar-refractivity contribution in [2.45, 2.75) is 89.0 Å². The topological polar surface area (TPSA) is 118 Å². The van der Waals surface area contributed by atoms with Crippen LogP contribution in [0.5, 0.6) is 17.2 Å². The summed E-state index contributed by atoms with van der Waals surface area (Å²) in [4.78, 5) is 45.1. The maximum atomic E-state index is 15.3. The highest BCUT2D eigenvalue weighted by Crippen LogP contribution is 2.44. The van der Waals surface area contributed by atoms with E-state index in [9.17, 15) is 19.1 Å². The first-order chi connectivity index (χ1) is 25.8. The van der Waals surface area contributed by atoms with Gasteiger partial charge < -0.3 is 29.1 Å². The van der Waals surface area contributed by atoms with Crippen molar-refractivity contribution in [1.29, 1.82) is 0 Å². The zero-order chi connectivity index (χ0) is 38.6. The van der Waals surface area contributed by atoms with Crippen LogP contribution in [0, 0.1) is 23.1 Å². The number of nitrogens with zero attached hydrogens (tertiary/aromatic N) is 2. The lowest BCUT2D eigenvalue weighted by Gasteiger charge is -2.53. The molecule has 2 fully saturated rings. The molecule has 2 bridgehead atoms. The number of aliphatic carboxylic acids is 1. The van der Waals surface area contributed by atoms with Gasteiger partial charge in [0.05, 0.1) is 42.8 Å². The Kier molecular flexibility index (Phi) is 11.9. The Morgan fingerprint density at radius 3 is 2.39 bits per heavy atom. The second kappa shape index (κ2) is 16.4. The number of carbonyl (C=O) groups is 3. The Morgan fingerprint density at radius 1 is 1.04 bits per heavy atom. The zero-order valence-corrected chi connectivity index (χ0v) is 32.7. The molecule has 0 spiro atoms. The predicted octanol–water partition coefficient (Wildman–Crippen LogP) is 6.69. The van der Waals surface area contributed by atoms with Crippen LogP contribution in [0.3, 0.4) is 0 Å². The summed E-state index contributed by atoms with van der Waals surface area (Å²) in [6.45, 7) is 4.19. The minimum Gasteiger partial charge on any atom is -0.497 e. The van der Waals surface area contributed by atoms with Crippen LogP contribution in [0.25, 0.3) is 0 Å². The van der Waals surface area contributed by atoms with Gasteiger partial charge in [-0.05, 0) is 103 Å². The monoisotopic (exact) mass is 803 g/mol. The Bertz CT molecular complexity index is 1920. The maximum absolute atomic E-state index is 15.3. The molecule has 10 nitrogen and oxygen atoms in total. The number of fused-ring (bicyclic) bond motifs is 2. The lowest BCUT2D eigenvalue weighted by Crippen LogP contribution is -2.73. The molecule has 12 heteroatoms. The second-order valence-corrected chi connectivity index (χ2v) is 15.8. The molecule has 2 N–H and O–H groups in total. The van der Waals surface area contributed by atoms with Crippen LogP contribution < -0.4 is 19.5 Å². The van der Waals surface area contributed by atoms with Crippen LogP contribution >= 0.6 is 15.9 Å². The molecule has 2 aliphatic heterocycles. The number of halogens is 2. The Hall–Kier alpha value is -4.60. The fourth-order valence-electron chi connectivity index (χ4n) is 7.26. The number of piperazine rings is 1. The summed E-state index contributed by atoms with van der Waals surface area (Å²) in [6, 6.07) is 16.8. The number of carboxylic acid groups (broad SMARTS) is 1. The molecule has 2 heterocycles. The van der Waals surface area contributed by atoms with Crippen LogP contribution in [-0.4, -0.2) is 77.7 Å². The summed E-state index contributed by atoms with van der Waals surface area (Å²) in [5, 5.41) is 13.4. The maximum Gasteiger partial charge on any atom is 0.309 e. The number of amides is 2. The van der Waals surface area contributed by atoms with E-state index in [0.29, 0.717) is 47.7 Å². The van der Waals surface area contributed by atoms with Crippen LogP contribution in [-0.2, 0) is 27.3 Å². The number of methoxy groups -OCH3 is 2. The molecule has 3 atom stereocenters. The van der Waals surface area contributed by atoms with Crippen LogP contribution in [0.4, 0.5) is 4.39 Å². The predicted molar refractivity (Wildman–Crippen MR) is 205 cm³/mol. The molecule has 1 unspecified atom stereocenters. The van der Waals surface area contributed by atoms with E-state index < -0.39 is 29.0 Å². The highest BCUT2D eigenvalue weighted by atomic mass is 79.9. The van der Waals surface area contributed by atoms with E-state index in [0.717, 1.165) is 29.5 Å². The minimum atomic E-state index is -1.26. The number of hydrogen-bond acceptors (Lipinski definition) is 7. The SMILES string of the molecule is COc1cc(CN(C(=O)[C@@]23CC#C[C@@H](CN(C(=O)CCC(C)(C)C(=O)O)C2c2ccc(CCCOc4cc(F)ccc4Br)cc2)N3)C2CC2)cc(OC)c1. The van der Waals surface area contributed by atoms with Gasteiger partial charge in [0.15, 0.2) is 0 Å². The number of carbonyl (C=O) groups excluding carboxylic acids is 2. The van der Waals surface area contributed by atoms with E-state index in [4.69, 9.17) is 14.2 Å². The van der Waals surface area contributed by atoms with Gasteiger partial charge in [-0.15, -0.1) is 0 Å². The largest absolute Gasteiger partial charge is 0.497 e. The first-order valence-electron chi connectivity index (χ1n) is 18.3. The number of ether oxygens (including phenoxy) is 3. The van der Waals surface area contributed by atoms with Gasteiger partial charge in [-0.1, -0.05) is 36.1 Å². The number of nitrogens with one attached hydrogen (secondary N) is 1. The first kappa shape index (κ1) is 39.1. The molecular formula is C42H47BrFN3O7. The quantitative estimate of drug-likeness (QED) is 0.122. The number of hydrogen-bond donors (Lipinski definition) is 2. The molecule has 286 valence electrons. The number of carboxylic acids is 1. The summed E-state index contributed by atoms with van der Waals surface area (Å²) in [6.07, 6.45) is 3.46. The third kappa shape index (κ3) is 8.68. The highest BCUT2D eigenvalue weighted by Gasteiger charge is 2.57. The molecule has 6 rings (SSSR count). The van der Waals surface area contributed by atoms with E-state index in [1.807, 2.05) is 41.3 Å². The fourth-order valence-corrected chi connectivity index (χ4v) is 7.62. The molecule has 1 saturated heterocycles. The van der Waals surface area contributed by atoms with E-state index in [2.05, 4.69) is 33.1 Å². The van der Waals surface area contributed by atoms with Crippen molar-refractivity contribution in [2.75, 3.05) is 27.4 Å². The van der Waals surface area contributed by atoms with Crippen molar-refractivity contribution in [3.63, 3.8) is 0 Å². The van der Waals surface area contributed by atoms with Gasteiger partial charge in [-0.25, -0.2) is 4.39 Å². The second-order valence-electron chi connectivity index (χ2n) is 15.0. The average molecular weight is 805 g/mol. The summed E-state index contributed by atoms with van der Waals surface area (Å²) in [5.41, 5.74) is 0.324. The van der Waals surface area contributed by atoms with E-state index >= 15 is 4.79 Å². The van der Waals surface area contributed by atoms with E-state index in [1.165, 1.54) is 12.1 Å². The Labute approximate surface area is 324 Å². The normalized spacial score (nSPS) is 20.4. The molecular weight excluding hydrogens is 757 g/mol. The fraction of sp³-hybridized carbons (Fsp3) is 0.452. The van der Waals surface area contributed by atoms with Gasteiger partial charge in [0.2, 0.25) is 11.8 Å². The van der Waals surface area contributed by atoms with Gasteiger partial charge in [0.25, 0.3) is 0 Å². The molecule has 3 aromatic rings. The standard InChI is InChI=1S/C42H47BrFN3O7/c1-41(2,40(50)51)19-17-37(48)47-26-31-8-5-18-42(45-31,39(49)46(32-14-15-32)25-28-21-33(52-3)24-34(22-28)53-4)38(47)29-11-9-27(10-12-29)7-6-20-54-36-23-30(44)13-16-35(36)43/h9-13,16,21-24,31-32,38,45H,6-7,14-15,17-20,25-26H2,1-4H3,(H,50,51)/t31-,38?,42+/m0/s1. The lowest BCUT2D eigenvalue weighted by atomic mass is 9.75. The van der Waals surface area contributed by atoms with E-state index in [1.54, 1.807) is 45.1 Å². The first-order valence-corrected chi connectivity index (χ1v) is 19.1. The zero-order valence-electron chi connectivity index (χ0n) is 31.1. The van der Waals surface area contributed by atoms with Gasteiger partial charge >= 0.3 is 5.97 Å². The molecule has 0 radical (unpaired) electrons. The number of rotatable bonds is 16. The van der Waals surface area contributed by atoms with Crippen molar-refractivity contribution >= 4 is 33.7 Å². The third-order valence-electron chi connectivity index (χ3n) is 10.5. The summed E-state index contributed by atoms with van der Waals surface area (Å²) in [5.74, 6) is 6.47. The van der Waals surface area contributed by atoms with Crippen LogP contribution in [0.1, 0.15) is 75.1 Å². The molecule has 0 aromatic heterocycles. The molecule has 1 saturated carbocycles. The van der Waals surface area contributed by atoms with Crippen molar-refractivity contribution in [1.82, 2.24) is 15.1 Å².